The summed E-state index contributed by atoms with van der Waals surface area (Å²) in [5.41, 5.74) is 0. The quantitative estimate of drug-likeness (QED) is 0.0447. The maximum absolute atomic E-state index is 12.3. The monoisotopic (exact) mass is 696 g/mol. The smallest absolute Gasteiger partial charge is 0.220 e. The molecule has 0 aromatic rings. The van der Waals surface area contributed by atoms with Gasteiger partial charge in [-0.15, -0.1) is 0 Å². The number of aliphatic hydroxyl groups is 2. The molecule has 50 heavy (non-hydrogen) atoms. The highest BCUT2D eigenvalue weighted by Crippen LogP contribution is 2.14. The molecule has 0 aliphatic rings. The molecular weight excluding hydrogens is 615 g/mol. The number of allylic oxidation sites excluding steroid dienone is 11. The van der Waals surface area contributed by atoms with Gasteiger partial charge in [0.1, 0.15) is 0 Å². The average Bonchev–Trinajstić information content (AvgIpc) is 3.12. The summed E-state index contributed by atoms with van der Waals surface area (Å²) < 4.78 is 0. The molecule has 4 heteroatoms. The summed E-state index contributed by atoms with van der Waals surface area (Å²) in [6.07, 6.45) is 58.9. The van der Waals surface area contributed by atoms with Crippen LogP contribution in [-0.2, 0) is 4.79 Å². The summed E-state index contributed by atoms with van der Waals surface area (Å²) in [5, 5.41) is 22.8. The van der Waals surface area contributed by atoms with Crippen LogP contribution in [-0.4, -0.2) is 34.9 Å². The Kier molecular flexibility index (Phi) is 39.5. The molecule has 0 aromatic heterocycles. The van der Waals surface area contributed by atoms with E-state index in [1.54, 1.807) is 6.08 Å². The van der Waals surface area contributed by atoms with E-state index in [4.69, 9.17) is 0 Å². The fourth-order valence-electron chi connectivity index (χ4n) is 5.99. The van der Waals surface area contributed by atoms with Gasteiger partial charge < -0.3 is 15.5 Å². The predicted molar refractivity (Wildman–Crippen MR) is 220 cm³/mol. The van der Waals surface area contributed by atoms with Gasteiger partial charge in [0.25, 0.3) is 0 Å². The molecule has 0 radical (unpaired) electrons. The standard InChI is InChI=1S/C46H81NO3/c1-3-5-7-9-11-13-14-15-16-17-18-19-20-21-22-23-24-25-26-27-28-29-30-31-32-34-36-38-40-42-46(50)47-44(43-48)45(49)41-39-37-35-33-12-10-8-6-4-2/h4,6,12,14-15,17-18,20-21,33,39,41,44-45,48-49H,3,5,7-11,13,16,19,22-32,34-38,40,42-43H2,1-2H3,(H,47,50)/b6-4+,15-14-,18-17-,21-20-,33-12+,41-39+. The van der Waals surface area contributed by atoms with E-state index >= 15 is 0 Å². The highest BCUT2D eigenvalue weighted by molar-refractivity contribution is 5.76. The van der Waals surface area contributed by atoms with Gasteiger partial charge >= 0.3 is 0 Å². The van der Waals surface area contributed by atoms with Crippen LogP contribution in [0.3, 0.4) is 0 Å². The molecule has 0 aliphatic heterocycles. The summed E-state index contributed by atoms with van der Waals surface area (Å²) in [5.74, 6) is -0.0849. The van der Waals surface area contributed by atoms with Gasteiger partial charge in [-0.05, 0) is 77.6 Å². The highest BCUT2D eigenvalue weighted by Gasteiger charge is 2.17. The van der Waals surface area contributed by atoms with Crippen molar-refractivity contribution in [3.8, 4) is 0 Å². The van der Waals surface area contributed by atoms with Gasteiger partial charge in [-0.2, -0.15) is 0 Å². The molecule has 0 bridgehead atoms. The summed E-state index contributed by atoms with van der Waals surface area (Å²) in [6.45, 7) is 4.04. The number of hydrogen-bond acceptors (Lipinski definition) is 3. The van der Waals surface area contributed by atoms with E-state index in [0.717, 1.165) is 51.4 Å². The van der Waals surface area contributed by atoms with E-state index < -0.39 is 12.1 Å². The summed E-state index contributed by atoms with van der Waals surface area (Å²) in [7, 11) is 0. The van der Waals surface area contributed by atoms with Crippen LogP contribution in [0.25, 0.3) is 0 Å². The van der Waals surface area contributed by atoms with Crippen molar-refractivity contribution >= 4 is 5.91 Å². The van der Waals surface area contributed by atoms with E-state index in [1.165, 1.54) is 122 Å². The Morgan fingerprint density at radius 1 is 0.520 bits per heavy atom. The minimum absolute atomic E-state index is 0.0849. The average molecular weight is 696 g/mol. The molecule has 1 amide bonds. The Balaban J connectivity index is 3.52. The number of nitrogens with one attached hydrogen (secondary N) is 1. The SMILES string of the molecule is C/C=C/CC/C=C/CC/C=C/C(O)C(CO)NC(=O)CCCCCCCCCCCCCCCC/C=C\C/C=C\C/C=C\CCCCCCC. The molecule has 0 aromatic carbocycles. The summed E-state index contributed by atoms with van der Waals surface area (Å²) in [4.78, 5) is 12.3. The summed E-state index contributed by atoms with van der Waals surface area (Å²) in [6, 6.07) is -0.646. The molecule has 288 valence electrons. The first kappa shape index (κ1) is 47.8. The Labute approximate surface area is 310 Å². The van der Waals surface area contributed by atoms with Crippen LogP contribution in [0.2, 0.25) is 0 Å². The zero-order chi connectivity index (χ0) is 36.4. The molecule has 0 saturated heterocycles. The second-order valence-corrected chi connectivity index (χ2v) is 14.0. The first-order valence-electron chi connectivity index (χ1n) is 21.1. The van der Waals surface area contributed by atoms with Crippen molar-refractivity contribution in [3.05, 3.63) is 72.9 Å². The lowest BCUT2D eigenvalue weighted by Gasteiger charge is -2.19. The van der Waals surface area contributed by atoms with Crippen LogP contribution < -0.4 is 5.32 Å². The van der Waals surface area contributed by atoms with Crippen molar-refractivity contribution in [2.24, 2.45) is 0 Å². The Morgan fingerprint density at radius 2 is 0.920 bits per heavy atom. The number of carbonyl (C=O) groups is 1. The topological polar surface area (TPSA) is 69.6 Å². The molecule has 0 spiro atoms. The van der Waals surface area contributed by atoms with E-state index in [2.05, 4.69) is 73.0 Å². The second kappa shape index (κ2) is 41.3. The normalized spacial score (nSPS) is 13.8. The largest absolute Gasteiger partial charge is 0.394 e. The van der Waals surface area contributed by atoms with Crippen LogP contribution in [0.5, 0.6) is 0 Å². The molecule has 0 fully saturated rings. The molecule has 3 N–H and O–H groups in total. The lowest BCUT2D eigenvalue weighted by molar-refractivity contribution is -0.123. The number of aliphatic hydroxyl groups excluding tert-OH is 2. The fourth-order valence-corrected chi connectivity index (χ4v) is 5.99. The Bertz CT molecular complexity index is 884. The Morgan fingerprint density at radius 3 is 1.40 bits per heavy atom. The van der Waals surface area contributed by atoms with Gasteiger partial charge in [0.05, 0.1) is 18.8 Å². The minimum Gasteiger partial charge on any atom is -0.394 e. The minimum atomic E-state index is -0.870. The van der Waals surface area contributed by atoms with Crippen molar-refractivity contribution in [2.45, 2.75) is 206 Å². The van der Waals surface area contributed by atoms with E-state index in [-0.39, 0.29) is 12.5 Å². The lowest BCUT2D eigenvalue weighted by atomic mass is 10.0. The van der Waals surface area contributed by atoms with Gasteiger partial charge in [0, 0.05) is 6.42 Å². The van der Waals surface area contributed by atoms with Gasteiger partial charge in [-0.1, -0.05) is 183 Å². The van der Waals surface area contributed by atoms with Crippen molar-refractivity contribution in [3.63, 3.8) is 0 Å². The first-order valence-corrected chi connectivity index (χ1v) is 21.1. The maximum Gasteiger partial charge on any atom is 0.220 e. The second-order valence-electron chi connectivity index (χ2n) is 14.0. The van der Waals surface area contributed by atoms with Crippen molar-refractivity contribution in [1.29, 1.82) is 0 Å². The van der Waals surface area contributed by atoms with Crippen LogP contribution in [0.1, 0.15) is 194 Å². The number of unbranched alkanes of at least 4 members (excludes halogenated alkanes) is 21. The van der Waals surface area contributed by atoms with Crippen LogP contribution in [0, 0.1) is 0 Å². The molecular formula is C46H81NO3. The molecule has 0 aliphatic carbocycles. The molecule has 0 heterocycles. The molecule has 4 nitrogen and oxygen atoms in total. The van der Waals surface area contributed by atoms with Crippen LogP contribution in [0.15, 0.2) is 72.9 Å². The lowest BCUT2D eigenvalue weighted by Crippen LogP contribution is -2.45. The fraction of sp³-hybridized carbons (Fsp3) is 0.717. The zero-order valence-corrected chi connectivity index (χ0v) is 32.9. The molecule has 2 atom stereocenters. The number of carbonyl (C=O) groups excluding carboxylic acids is 1. The number of hydrogen-bond donors (Lipinski definition) is 3. The third-order valence-electron chi connectivity index (χ3n) is 9.23. The van der Waals surface area contributed by atoms with Gasteiger partial charge in [0.15, 0.2) is 0 Å². The van der Waals surface area contributed by atoms with E-state index in [0.29, 0.717) is 6.42 Å². The number of rotatable bonds is 37. The maximum atomic E-state index is 12.3. The number of amides is 1. The zero-order valence-electron chi connectivity index (χ0n) is 32.9. The third kappa shape index (κ3) is 37.1. The molecule has 0 saturated carbocycles. The van der Waals surface area contributed by atoms with Gasteiger partial charge in [-0.25, -0.2) is 0 Å². The van der Waals surface area contributed by atoms with E-state index in [1.807, 2.05) is 13.0 Å². The molecule has 2 unspecified atom stereocenters. The van der Waals surface area contributed by atoms with Crippen molar-refractivity contribution in [2.75, 3.05) is 6.61 Å². The molecule has 0 rings (SSSR count). The van der Waals surface area contributed by atoms with Crippen LogP contribution >= 0.6 is 0 Å². The third-order valence-corrected chi connectivity index (χ3v) is 9.23. The Hall–Kier alpha value is -2.17. The first-order chi connectivity index (χ1) is 24.7. The van der Waals surface area contributed by atoms with Crippen molar-refractivity contribution < 1.29 is 15.0 Å². The van der Waals surface area contributed by atoms with Crippen LogP contribution in [0.4, 0.5) is 0 Å². The van der Waals surface area contributed by atoms with E-state index in [9.17, 15) is 15.0 Å². The van der Waals surface area contributed by atoms with Gasteiger partial charge in [-0.3, -0.25) is 4.79 Å². The van der Waals surface area contributed by atoms with Crippen molar-refractivity contribution in [1.82, 2.24) is 5.32 Å². The van der Waals surface area contributed by atoms with Gasteiger partial charge in [0.2, 0.25) is 5.91 Å². The highest BCUT2D eigenvalue weighted by atomic mass is 16.3. The predicted octanol–water partition coefficient (Wildman–Crippen LogP) is 13.1. The summed E-state index contributed by atoms with van der Waals surface area (Å²) >= 11 is 0.